The van der Waals surface area contributed by atoms with Gasteiger partial charge in [-0.2, -0.15) is 0 Å². The van der Waals surface area contributed by atoms with Crippen LogP contribution in [0.1, 0.15) is 18.9 Å². The number of rotatable bonds is 4. The Morgan fingerprint density at radius 2 is 2.23 bits per heavy atom. The van der Waals surface area contributed by atoms with E-state index >= 15 is 0 Å². The second kappa shape index (κ2) is 5.25. The van der Waals surface area contributed by atoms with Crippen LogP contribution in [0.2, 0.25) is 5.02 Å². The molecule has 1 rings (SSSR count). The lowest BCUT2D eigenvalue weighted by molar-refractivity contribution is 0.262. The van der Waals surface area contributed by atoms with Crippen LogP contribution in [-0.4, -0.2) is 11.7 Å². The van der Waals surface area contributed by atoms with E-state index in [4.69, 9.17) is 16.7 Å². The summed E-state index contributed by atoms with van der Waals surface area (Å²) in [6, 6.07) is 7.89. The van der Waals surface area contributed by atoms with Crippen molar-refractivity contribution in [2.24, 2.45) is 5.92 Å². The van der Waals surface area contributed by atoms with Crippen LogP contribution in [0.3, 0.4) is 0 Å². The second-order valence-electron chi connectivity index (χ2n) is 3.45. The summed E-state index contributed by atoms with van der Waals surface area (Å²) < 4.78 is 0. The molecular weight excluding hydrogens is 184 g/mol. The third-order valence-electron chi connectivity index (χ3n) is 2.10. The molecule has 0 aliphatic heterocycles. The van der Waals surface area contributed by atoms with Crippen molar-refractivity contribution < 1.29 is 5.11 Å². The average Bonchev–Trinajstić information content (AvgIpc) is 2.04. The molecule has 0 aromatic heterocycles. The first kappa shape index (κ1) is 10.6. The Balaban J connectivity index is 2.53. The molecule has 0 radical (unpaired) electrons. The zero-order valence-electron chi connectivity index (χ0n) is 7.83. The number of hydrogen-bond acceptors (Lipinski definition) is 1. The van der Waals surface area contributed by atoms with Crippen molar-refractivity contribution in [2.45, 2.75) is 19.8 Å². The van der Waals surface area contributed by atoms with Gasteiger partial charge < -0.3 is 5.11 Å². The van der Waals surface area contributed by atoms with Crippen molar-refractivity contribution in [1.82, 2.24) is 0 Å². The van der Waals surface area contributed by atoms with Gasteiger partial charge in [-0.05, 0) is 36.5 Å². The normalized spacial score (nSPS) is 12.8. The highest BCUT2D eigenvalue weighted by atomic mass is 35.5. The van der Waals surface area contributed by atoms with Crippen LogP contribution in [0.25, 0.3) is 0 Å². The first-order valence-corrected chi connectivity index (χ1v) is 4.95. The number of benzene rings is 1. The van der Waals surface area contributed by atoms with Gasteiger partial charge in [0.1, 0.15) is 0 Å². The Hall–Kier alpha value is -0.530. The summed E-state index contributed by atoms with van der Waals surface area (Å²) in [4.78, 5) is 0. The van der Waals surface area contributed by atoms with Gasteiger partial charge in [-0.15, -0.1) is 0 Å². The maximum absolute atomic E-state index is 8.74. The van der Waals surface area contributed by atoms with Gasteiger partial charge in [0, 0.05) is 11.6 Å². The van der Waals surface area contributed by atoms with Crippen molar-refractivity contribution >= 4 is 11.6 Å². The number of halogens is 1. The van der Waals surface area contributed by atoms with Gasteiger partial charge in [0.2, 0.25) is 0 Å². The first-order valence-electron chi connectivity index (χ1n) is 4.57. The maximum Gasteiger partial charge on any atom is 0.0433 e. The molecule has 1 atom stereocenters. The van der Waals surface area contributed by atoms with Crippen LogP contribution < -0.4 is 0 Å². The van der Waals surface area contributed by atoms with Crippen LogP contribution in [0, 0.1) is 5.92 Å². The number of hydrogen-bond donors (Lipinski definition) is 1. The van der Waals surface area contributed by atoms with E-state index in [0.29, 0.717) is 5.92 Å². The zero-order valence-corrected chi connectivity index (χ0v) is 8.59. The molecule has 0 aliphatic rings. The summed E-state index contributed by atoms with van der Waals surface area (Å²) in [6.07, 6.45) is 1.84. The van der Waals surface area contributed by atoms with Crippen molar-refractivity contribution in [3.63, 3.8) is 0 Å². The predicted molar refractivity (Wildman–Crippen MR) is 56.0 cm³/mol. The van der Waals surface area contributed by atoms with Gasteiger partial charge >= 0.3 is 0 Å². The van der Waals surface area contributed by atoms with E-state index in [9.17, 15) is 0 Å². The summed E-state index contributed by atoms with van der Waals surface area (Å²) in [5, 5.41) is 9.53. The summed E-state index contributed by atoms with van der Waals surface area (Å²) >= 11 is 5.86. The third-order valence-corrected chi connectivity index (χ3v) is 2.33. The smallest absolute Gasteiger partial charge is 0.0433 e. The Kier molecular flexibility index (Phi) is 4.26. The third kappa shape index (κ3) is 3.79. The Labute approximate surface area is 84.4 Å². The van der Waals surface area contributed by atoms with Crippen molar-refractivity contribution in [3.05, 3.63) is 34.9 Å². The lowest BCUT2D eigenvalue weighted by atomic mass is 9.99. The molecule has 0 amide bonds. The molecule has 1 unspecified atom stereocenters. The first-order chi connectivity index (χ1) is 6.22. The molecule has 1 N–H and O–H groups in total. The molecule has 0 saturated heterocycles. The standard InChI is InChI=1S/C11H15ClO/c1-9(5-6-13)7-10-3-2-4-11(12)8-10/h2-4,8-9,13H,5-7H2,1H3. The summed E-state index contributed by atoms with van der Waals surface area (Å²) in [5.41, 5.74) is 1.24. The highest BCUT2D eigenvalue weighted by Crippen LogP contribution is 2.15. The maximum atomic E-state index is 8.74. The fourth-order valence-electron chi connectivity index (χ4n) is 1.39. The van der Waals surface area contributed by atoms with Crippen LogP contribution in [-0.2, 0) is 6.42 Å². The molecule has 13 heavy (non-hydrogen) atoms. The van der Waals surface area contributed by atoms with E-state index in [-0.39, 0.29) is 6.61 Å². The monoisotopic (exact) mass is 198 g/mol. The van der Waals surface area contributed by atoms with Crippen LogP contribution in [0.4, 0.5) is 0 Å². The van der Waals surface area contributed by atoms with E-state index < -0.39 is 0 Å². The predicted octanol–water partition coefficient (Wildman–Crippen LogP) is 2.90. The van der Waals surface area contributed by atoms with E-state index in [1.54, 1.807) is 0 Å². The molecule has 0 heterocycles. The number of aliphatic hydroxyl groups excluding tert-OH is 1. The zero-order chi connectivity index (χ0) is 9.68. The topological polar surface area (TPSA) is 20.2 Å². The SMILES string of the molecule is CC(CCO)Cc1cccc(Cl)c1. The molecule has 0 spiro atoms. The summed E-state index contributed by atoms with van der Waals surface area (Å²) in [6.45, 7) is 2.40. The van der Waals surface area contributed by atoms with Crippen molar-refractivity contribution in [1.29, 1.82) is 0 Å². The van der Waals surface area contributed by atoms with Gasteiger partial charge in [-0.1, -0.05) is 30.7 Å². The molecule has 0 bridgehead atoms. The van der Waals surface area contributed by atoms with E-state index in [1.807, 2.05) is 18.2 Å². The lowest BCUT2D eigenvalue weighted by Gasteiger charge is -2.09. The van der Waals surface area contributed by atoms with Gasteiger partial charge in [-0.25, -0.2) is 0 Å². The minimum atomic E-state index is 0.266. The fourth-order valence-corrected chi connectivity index (χ4v) is 1.60. The molecule has 0 fully saturated rings. The molecule has 72 valence electrons. The molecule has 1 nitrogen and oxygen atoms in total. The molecule has 0 saturated carbocycles. The Morgan fingerprint density at radius 3 is 2.85 bits per heavy atom. The quantitative estimate of drug-likeness (QED) is 0.789. The molecule has 0 aliphatic carbocycles. The van der Waals surface area contributed by atoms with Crippen molar-refractivity contribution in [3.8, 4) is 0 Å². The van der Waals surface area contributed by atoms with Gasteiger partial charge in [0.15, 0.2) is 0 Å². The minimum absolute atomic E-state index is 0.266. The Bertz CT molecular complexity index is 260. The average molecular weight is 199 g/mol. The fraction of sp³-hybridized carbons (Fsp3) is 0.455. The molecular formula is C11H15ClO. The summed E-state index contributed by atoms with van der Waals surface area (Å²) in [5.74, 6) is 0.517. The summed E-state index contributed by atoms with van der Waals surface area (Å²) in [7, 11) is 0. The van der Waals surface area contributed by atoms with Gasteiger partial charge in [0.25, 0.3) is 0 Å². The molecule has 2 heteroatoms. The van der Waals surface area contributed by atoms with Gasteiger partial charge in [0.05, 0.1) is 0 Å². The second-order valence-corrected chi connectivity index (χ2v) is 3.89. The number of aliphatic hydroxyl groups is 1. The van der Waals surface area contributed by atoms with E-state index in [0.717, 1.165) is 17.9 Å². The minimum Gasteiger partial charge on any atom is -0.396 e. The highest BCUT2D eigenvalue weighted by Gasteiger charge is 2.02. The van der Waals surface area contributed by atoms with Gasteiger partial charge in [-0.3, -0.25) is 0 Å². The van der Waals surface area contributed by atoms with E-state index in [1.165, 1.54) is 5.56 Å². The largest absolute Gasteiger partial charge is 0.396 e. The van der Waals surface area contributed by atoms with Crippen LogP contribution >= 0.6 is 11.6 Å². The van der Waals surface area contributed by atoms with E-state index in [2.05, 4.69) is 13.0 Å². The molecule has 1 aromatic carbocycles. The van der Waals surface area contributed by atoms with Crippen LogP contribution in [0.15, 0.2) is 24.3 Å². The van der Waals surface area contributed by atoms with Crippen molar-refractivity contribution in [2.75, 3.05) is 6.61 Å². The highest BCUT2D eigenvalue weighted by molar-refractivity contribution is 6.30. The lowest BCUT2D eigenvalue weighted by Crippen LogP contribution is -2.01. The Morgan fingerprint density at radius 1 is 1.46 bits per heavy atom. The molecule has 1 aromatic rings. The van der Waals surface area contributed by atoms with Crippen LogP contribution in [0.5, 0.6) is 0 Å².